The number of carbonyl (C=O) groups excluding carboxylic acids is 1. The predicted molar refractivity (Wildman–Crippen MR) is 115 cm³/mol. The summed E-state index contributed by atoms with van der Waals surface area (Å²) in [7, 11) is 0. The number of amides is 1. The second kappa shape index (κ2) is 9.27. The number of fused-ring (bicyclic) bond motifs is 1. The highest BCUT2D eigenvalue weighted by Gasteiger charge is 2.23. The first-order valence-corrected chi connectivity index (χ1v) is 10.7. The average molecular weight is 380 g/mol. The van der Waals surface area contributed by atoms with Crippen LogP contribution in [0.2, 0.25) is 0 Å². The molecule has 0 heterocycles. The van der Waals surface area contributed by atoms with Crippen molar-refractivity contribution < 1.29 is 9.53 Å². The number of aryl methyl sites for hydroxylation is 4. The van der Waals surface area contributed by atoms with Gasteiger partial charge in [-0.2, -0.15) is 0 Å². The molecular weight excluding hydrogens is 346 g/mol. The molecule has 0 aromatic heterocycles. The van der Waals surface area contributed by atoms with Crippen molar-refractivity contribution in [3.63, 3.8) is 0 Å². The van der Waals surface area contributed by atoms with Crippen LogP contribution in [0.3, 0.4) is 0 Å². The van der Waals surface area contributed by atoms with Crippen molar-refractivity contribution in [1.29, 1.82) is 0 Å². The largest absolute Gasteiger partial charge is 0.481 e. The van der Waals surface area contributed by atoms with Crippen molar-refractivity contribution in [3.8, 4) is 5.75 Å². The van der Waals surface area contributed by atoms with Crippen LogP contribution in [0.25, 0.3) is 0 Å². The predicted octanol–water partition coefficient (Wildman–Crippen LogP) is 5.61. The van der Waals surface area contributed by atoms with E-state index in [0.717, 1.165) is 18.6 Å². The van der Waals surface area contributed by atoms with E-state index in [1.807, 2.05) is 25.1 Å². The summed E-state index contributed by atoms with van der Waals surface area (Å²) >= 11 is 0. The number of hydrogen-bond donors (Lipinski definition) is 1. The maximum Gasteiger partial charge on any atom is 0.261 e. The van der Waals surface area contributed by atoms with Gasteiger partial charge in [0.05, 0.1) is 6.04 Å². The van der Waals surface area contributed by atoms with Crippen LogP contribution in [0, 0.1) is 13.8 Å². The minimum atomic E-state index is -0.478. The Kier molecular flexibility index (Phi) is 6.77. The highest BCUT2D eigenvalue weighted by Crippen LogP contribution is 2.26. The molecule has 0 fully saturated rings. The van der Waals surface area contributed by atoms with Crippen LogP contribution in [-0.4, -0.2) is 12.0 Å². The van der Waals surface area contributed by atoms with E-state index in [1.54, 1.807) is 0 Å². The number of nitrogens with one attached hydrogen (secondary N) is 1. The Hall–Kier alpha value is -2.29. The molecule has 0 bridgehead atoms. The van der Waals surface area contributed by atoms with E-state index in [1.165, 1.54) is 47.1 Å². The molecule has 3 heteroatoms. The number of hydrogen-bond acceptors (Lipinski definition) is 2. The second-order valence-corrected chi connectivity index (χ2v) is 7.97. The summed E-state index contributed by atoms with van der Waals surface area (Å²) in [5.41, 5.74) is 6.53. The molecule has 0 saturated carbocycles. The fourth-order valence-corrected chi connectivity index (χ4v) is 3.93. The Balaban J connectivity index is 1.70. The van der Waals surface area contributed by atoms with Gasteiger partial charge in [0, 0.05) is 0 Å². The molecule has 1 amide bonds. The first-order valence-electron chi connectivity index (χ1n) is 10.7. The van der Waals surface area contributed by atoms with Crippen molar-refractivity contribution in [1.82, 2.24) is 5.32 Å². The molecule has 1 aliphatic carbocycles. The van der Waals surface area contributed by atoms with E-state index in [9.17, 15) is 4.79 Å². The number of benzene rings is 2. The van der Waals surface area contributed by atoms with E-state index >= 15 is 0 Å². The molecule has 0 saturated heterocycles. The zero-order valence-corrected chi connectivity index (χ0v) is 17.7. The van der Waals surface area contributed by atoms with E-state index in [2.05, 4.69) is 44.3 Å². The fraction of sp³-hybridized carbons (Fsp3) is 0.480. The summed E-state index contributed by atoms with van der Waals surface area (Å²) in [6.45, 7) is 8.25. The van der Waals surface area contributed by atoms with E-state index in [0.29, 0.717) is 6.42 Å². The number of ether oxygens (including phenoxy) is 1. The van der Waals surface area contributed by atoms with Gasteiger partial charge in [-0.3, -0.25) is 4.79 Å². The van der Waals surface area contributed by atoms with Gasteiger partial charge in [-0.05, 0) is 92.3 Å². The highest BCUT2D eigenvalue weighted by atomic mass is 16.5. The maximum atomic E-state index is 12.9. The standard InChI is InChI=1S/C25H33NO2/c1-5-23(21-13-12-19-9-7-8-10-20(19)16-21)26-25(27)24(6-2)28-22-14-11-17(3)18(4)15-22/h11-16,23-24H,5-10H2,1-4H3,(H,26,27)/t23-,24+/m1/s1. The normalized spacial score (nSPS) is 15.4. The van der Waals surface area contributed by atoms with Gasteiger partial charge in [0.2, 0.25) is 0 Å². The Morgan fingerprint density at radius 3 is 2.39 bits per heavy atom. The van der Waals surface area contributed by atoms with Crippen molar-refractivity contribution in [3.05, 3.63) is 64.2 Å². The summed E-state index contributed by atoms with van der Waals surface area (Å²) in [6.07, 6.45) is 5.91. The van der Waals surface area contributed by atoms with Gasteiger partial charge in [0.15, 0.2) is 6.10 Å². The third-order valence-electron chi connectivity index (χ3n) is 5.92. The molecule has 2 aromatic rings. The average Bonchev–Trinajstić information content (AvgIpc) is 2.72. The van der Waals surface area contributed by atoms with Gasteiger partial charge in [-0.1, -0.05) is 38.1 Å². The van der Waals surface area contributed by atoms with E-state index < -0.39 is 6.10 Å². The molecule has 1 aliphatic rings. The molecule has 0 radical (unpaired) electrons. The minimum absolute atomic E-state index is 0.0251. The summed E-state index contributed by atoms with van der Waals surface area (Å²) in [5.74, 6) is 0.720. The lowest BCUT2D eigenvalue weighted by atomic mass is 9.88. The van der Waals surface area contributed by atoms with Crippen LogP contribution in [0.15, 0.2) is 36.4 Å². The SMILES string of the molecule is CC[C@H](Oc1ccc(C)c(C)c1)C(=O)N[C@H](CC)c1ccc2c(c1)CCCC2. The quantitative estimate of drug-likeness (QED) is 0.679. The monoisotopic (exact) mass is 379 g/mol. The van der Waals surface area contributed by atoms with Gasteiger partial charge in [0.1, 0.15) is 5.75 Å². The van der Waals surface area contributed by atoms with Crippen LogP contribution in [0.1, 0.15) is 73.4 Å². The molecule has 3 rings (SSSR count). The second-order valence-electron chi connectivity index (χ2n) is 7.97. The van der Waals surface area contributed by atoms with Crippen molar-refractivity contribution in [2.75, 3.05) is 0 Å². The molecule has 0 spiro atoms. The molecule has 2 atom stereocenters. The minimum Gasteiger partial charge on any atom is -0.481 e. The maximum absolute atomic E-state index is 12.9. The number of carbonyl (C=O) groups is 1. The molecule has 2 aromatic carbocycles. The third-order valence-corrected chi connectivity index (χ3v) is 5.92. The van der Waals surface area contributed by atoms with Gasteiger partial charge in [-0.15, -0.1) is 0 Å². The third kappa shape index (κ3) is 4.76. The lowest BCUT2D eigenvalue weighted by Crippen LogP contribution is -2.40. The Bertz CT molecular complexity index is 827. The number of rotatable bonds is 7. The van der Waals surface area contributed by atoms with Gasteiger partial charge < -0.3 is 10.1 Å². The summed E-state index contributed by atoms with van der Waals surface area (Å²) < 4.78 is 6.02. The van der Waals surface area contributed by atoms with Crippen LogP contribution < -0.4 is 10.1 Å². The zero-order valence-electron chi connectivity index (χ0n) is 17.7. The lowest BCUT2D eigenvalue weighted by molar-refractivity contribution is -0.128. The molecule has 28 heavy (non-hydrogen) atoms. The van der Waals surface area contributed by atoms with E-state index in [4.69, 9.17) is 4.74 Å². The van der Waals surface area contributed by atoms with Crippen LogP contribution in [0.4, 0.5) is 0 Å². The summed E-state index contributed by atoms with van der Waals surface area (Å²) in [6, 6.07) is 12.7. The van der Waals surface area contributed by atoms with Crippen LogP contribution in [0.5, 0.6) is 5.75 Å². The van der Waals surface area contributed by atoms with Crippen molar-refractivity contribution in [2.24, 2.45) is 0 Å². The Morgan fingerprint density at radius 2 is 1.71 bits per heavy atom. The first-order chi connectivity index (χ1) is 13.5. The van der Waals surface area contributed by atoms with Gasteiger partial charge >= 0.3 is 0 Å². The molecule has 150 valence electrons. The smallest absolute Gasteiger partial charge is 0.261 e. The molecule has 1 N–H and O–H groups in total. The van der Waals surface area contributed by atoms with Gasteiger partial charge in [-0.25, -0.2) is 0 Å². The van der Waals surface area contributed by atoms with Crippen LogP contribution in [-0.2, 0) is 17.6 Å². The fourth-order valence-electron chi connectivity index (χ4n) is 3.93. The van der Waals surface area contributed by atoms with E-state index in [-0.39, 0.29) is 11.9 Å². The molecule has 0 aliphatic heterocycles. The Morgan fingerprint density at radius 1 is 0.964 bits per heavy atom. The van der Waals surface area contributed by atoms with Crippen molar-refractivity contribution >= 4 is 5.91 Å². The van der Waals surface area contributed by atoms with Gasteiger partial charge in [0.25, 0.3) is 5.91 Å². The molecular formula is C25H33NO2. The molecule has 3 nitrogen and oxygen atoms in total. The molecule has 0 unspecified atom stereocenters. The Labute approximate surface area is 169 Å². The van der Waals surface area contributed by atoms with Crippen molar-refractivity contribution in [2.45, 2.75) is 78.4 Å². The topological polar surface area (TPSA) is 38.3 Å². The highest BCUT2D eigenvalue weighted by molar-refractivity contribution is 5.81. The lowest BCUT2D eigenvalue weighted by Gasteiger charge is -2.24. The first kappa shape index (κ1) is 20.4. The summed E-state index contributed by atoms with van der Waals surface area (Å²) in [4.78, 5) is 12.9. The van der Waals surface area contributed by atoms with Crippen LogP contribution >= 0.6 is 0 Å². The zero-order chi connectivity index (χ0) is 20.1. The summed E-state index contributed by atoms with van der Waals surface area (Å²) in [5, 5.41) is 3.22.